The van der Waals surface area contributed by atoms with Crippen LogP contribution in [0.4, 0.5) is 13.2 Å². The van der Waals surface area contributed by atoms with E-state index in [-0.39, 0.29) is 23.7 Å². The van der Waals surface area contributed by atoms with Gasteiger partial charge in [-0.25, -0.2) is 9.50 Å². The molecule has 0 radical (unpaired) electrons. The third-order valence-electron chi connectivity index (χ3n) is 5.41. The average molecular weight is 448 g/mol. The van der Waals surface area contributed by atoms with Crippen molar-refractivity contribution < 1.29 is 27.5 Å². The van der Waals surface area contributed by atoms with Crippen LogP contribution in [0.2, 0.25) is 0 Å². The van der Waals surface area contributed by atoms with Gasteiger partial charge in [-0.2, -0.15) is 18.2 Å². The van der Waals surface area contributed by atoms with Crippen LogP contribution in [-0.2, 0) is 22.1 Å². The summed E-state index contributed by atoms with van der Waals surface area (Å²) in [5.74, 6) is -2.55. The van der Waals surface area contributed by atoms with Gasteiger partial charge in [-0.1, -0.05) is 6.07 Å². The normalized spacial score (nSPS) is 12.8. The number of carbonyl (C=O) groups excluding carboxylic acids is 2. The Bertz CT molecular complexity index is 1230. The predicted molar refractivity (Wildman–Crippen MR) is 109 cm³/mol. The zero-order valence-electron chi connectivity index (χ0n) is 18.6. The topological polar surface area (TPSA) is 86.5 Å². The molecule has 0 bridgehead atoms. The zero-order valence-corrected chi connectivity index (χ0v) is 18.6. The van der Waals surface area contributed by atoms with Gasteiger partial charge in [-0.05, 0) is 64.3 Å². The Labute approximate surface area is 182 Å². The van der Waals surface area contributed by atoms with Gasteiger partial charge in [-0.15, -0.1) is 5.10 Å². The monoisotopic (exact) mass is 448 g/mol. The molecule has 0 spiro atoms. The van der Waals surface area contributed by atoms with Crippen molar-refractivity contribution in [3.63, 3.8) is 0 Å². The van der Waals surface area contributed by atoms with Crippen LogP contribution in [0, 0.1) is 34.6 Å². The first kappa shape index (κ1) is 23.4. The molecule has 0 saturated heterocycles. The maximum atomic E-state index is 12.9. The number of halogens is 3. The van der Waals surface area contributed by atoms with Gasteiger partial charge < -0.3 is 4.74 Å². The van der Waals surface area contributed by atoms with E-state index in [1.807, 2.05) is 26.8 Å². The Kier molecular flexibility index (Phi) is 6.08. The van der Waals surface area contributed by atoms with E-state index >= 15 is 0 Å². The van der Waals surface area contributed by atoms with Gasteiger partial charge in [0.05, 0.1) is 6.42 Å². The molecule has 3 rings (SSSR count). The molecule has 3 aromatic rings. The minimum absolute atomic E-state index is 0.210. The summed E-state index contributed by atoms with van der Waals surface area (Å²) in [5, 5.41) is 3.46. The number of esters is 1. The number of aryl methyl sites for hydroxylation is 5. The smallest absolute Gasteiger partial charge is 0.453 e. The standard InChI is InChI=1S/C22H23F3N4O3/c1-10-7-12(3)16(8-11(10)2)19(31)15(6)32-18(30)9-17-13(4)26-21-27-20(22(23,24)25)28-29(21)14(17)5/h7-8,15H,9H2,1-6H3/t15-/m1/s1. The molecule has 7 nitrogen and oxygen atoms in total. The second-order valence-corrected chi connectivity index (χ2v) is 7.83. The first-order chi connectivity index (χ1) is 14.8. The molecule has 10 heteroatoms. The van der Waals surface area contributed by atoms with E-state index in [0.717, 1.165) is 21.2 Å². The largest absolute Gasteiger partial charge is 0.454 e. The van der Waals surface area contributed by atoms with E-state index in [1.54, 1.807) is 13.0 Å². The Hall–Kier alpha value is -3.30. The highest BCUT2D eigenvalue weighted by Crippen LogP contribution is 2.27. The fraction of sp³-hybridized carbons (Fsp3) is 0.409. The minimum Gasteiger partial charge on any atom is -0.454 e. The lowest BCUT2D eigenvalue weighted by atomic mass is 9.96. The summed E-state index contributed by atoms with van der Waals surface area (Å²) in [6.45, 7) is 10.2. The van der Waals surface area contributed by atoms with Crippen LogP contribution in [0.5, 0.6) is 0 Å². The van der Waals surface area contributed by atoms with Crippen LogP contribution in [0.1, 0.15) is 56.7 Å². The van der Waals surface area contributed by atoms with Crippen molar-refractivity contribution in [2.75, 3.05) is 0 Å². The van der Waals surface area contributed by atoms with Crippen LogP contribution in [0.3, 0.4) is 0 Å². The molecule has 0 aliphatic carbocycles. The summed E-state index contributed by atoms with van der Waals surface area (Å²) in [6, 6.07) is 3.67. The average Bonchev–Trinajstić information content (AvgIpc) is 3.12. The molecular formula is C22H23F3N4O3. The van der Waals surface area contributed by atoms with Crippen molar-refractivity contribution in [1.29, 1.82) is 0 Å². The highest BCUT2D eigenvalue weighted by Gasteiger charge is 2.37. The number of nitrogens with zero attached hydrogens (tertiary/aromatic N) is 4. The van der Waals surface area contributed by atoms with Gasteiger partial charge in [-0.3, -0.25) is 9.59 Å². The third-order valence-corrected chi connectivity index (χ3v) is 5.41. The molecule has 2 heterocycles. The van der Waals surface area contributed by atoms with Gasteiger partial charge in [0.15, 0.2) is 6.10 Å². The summed E-state index contributed by atoms with van der Waals surface area (Å²) in [6.07, 6.45) is -6.01. The number of carbonyl (C=O) groups is 2. The summed E-state index contributed by atoms with van der Waals surface area (Å²) in [4.78, 5) is 32.8. The van der Waals surface area contributed by atoms with E-state index in [9.17, 15) is 22.8 Å². The quantitative estimate of drug-likeness (QED) is 0.433. The van der Waals surface area contributed by atoms with Crippen molar-refractivity contribution in [1.82, 2.24) is 19.6 Å². The van der Waals surface area contributed by atoms with E-state index in [0.29, 0.717) is 16.8 Å². The number of benzene rings is 1. The Morgan fingerprint density at radius 2 is 1.66 bits per heavy atom. The SMILES string of the molecule is Cc1cc(C)c(C(=O)[C@@H](C)OC(=O)Cc2c(C)nc3nc(C(F)(F)F)nn3c2C)cc1C. The van der Waals surface area contributed by atoms with Crippen molar-refractivity contribution >= 4 is 17.5 Å². The second kappa shape index (κ2) is 8.33. The Balaban J connectivity index is 1.81. The van der Waals surface area contributed by atoms with Crippen LogP contribution in [0.25, 0.3) is 5.78 Å². The lowest BCUT2D eigenvalue weighted by molar-refractivity contribution is -0.146. The maximum absolute atomic E-state index is 12.9. The van der Waals surface area contributed by atoms with Gasteiger partial charge >= 0.3 is 12.1 Å². The number of rotatable bonds is 5. The van der Waals surface area contributed by atoms with Crippen molar-refractivity contribution in [2.24, 2.45) is 0 Å². The van der Waals surface area contributed by atoms with Gasteiger partial charge in [0.1, 0.15) is 0 Å². The highest BCUT2D eigenvalue weighted by molar-refractivity contribution is 6.01. The molecule has 2 aromatic heterocycles. The summed E-state index contributed by atoms with van der Waals surface area (Å²) in [7, 11) is 0. The molecule has 0 aliphatic heterocycles. The van der Waals surface area contributed by atoms with Crippen LogP contribution in [0.15, 0.2) is 12.1 Å². The molecule has 0 unspecified atom stereocenters. The number of hydrogen-bond acceptors (Lipinski definition) is 6. The molecule has 0 fully saturated rings. The number of ether oxygens (including phenoxy) is 1. The highest BCUT2D eigenvalue weighted by atomic mass is 19.4. The molecule has 0 saturated carbocycles. The number of Topliss-reactive ketones (excluding diaryl/α,β-unsaturated/α-hetero) is 1. The molecular weight excluding hydrogens is 425 g/mol. The fourth-order valence-corrected chi connectivity index (χ4v) is 3.47. The maximum Gasteiger partial charge on any atom is 0.453 e. The fourth-order valence-electron chi connectivity index (χ4n) is 3.47. The molecule has 1 aromatic carbocycles. The second-order valence-electron chi connectivity index (χ2n) is 7.83. The predicted octanol–water partition coefficient (Wildman–Crippen LogP) is 4.04. The van der Waals surface area contributed by atoms with Crippen molar-refractivity contribution in [3.05, 3.63) is 57.2 Å². The van der Waals surface area contributed by atoms with Crippen LogP contribution in [-0.4, -0.2) is 37.4 Å². The van der Waals surface area contributed by atoms with E-state index < -0.39 is 24.1 Å². The van der Waals surface area contributed by atoms with Gasteiger partial charge in [0.2, 0.25) is 5.78 Å². The first-order valence-corrected chi connectivity index (χ1v) is 9.91. The number of hydrogen-bond donors (Lipinski definition) is 0. The minimum atomic E-state index is -4.71. The molecule has 32 heavy (non-hydrogen) atoms. The Morgan fingerprint density at radius 3 is 2.28 bits per heavy atom. The summed E-state index contributed by atoms with van der Waals surface area (Å²) >= 11 is 0. The van der Waals surface area contributed by atoms with Crippen molar-refractivity contribution in [2.45, 2.75) is 60.2 Å². The molecule has 170 valence electrons. The van der Waals surface area contributed by atoms with Crippen LogP contribution >= 0.6 is 0 Å². The lowest BCUT2D eigenvalue weighted by Gasteiger charge is -2.16. The van der Waals surface area contributed by atoms with Gasteiger partial charge in [0.25, 0.3) is 11.6 Å². The molecule has 0 N–H and O–H groups in total. The lowest BCUT2D eigenvalue weighted by Crippen LogP contribution is -2.26. The molecule has 0 amide bonds. The molecule has 0 aliphatic rings. The number of aromatic nitrogens is 4. The summed E-state index contributed by atoms with van der Waals surface area (Å²) < 4.78 is 45.1. The summed E-state index contributed by atoms with van der Waals surface area (Å²) in [5.41, 5.74) is 4.25. The van der Waals surface area contributed by atoms with E-state index in [4.69, 9.17) is 4.74 Å². The van der Waals surface area contributed by atoms with Crippen molar-refractivity contribution in [3.8, 4) is 0 Å². The number of ketones is 1. The van der Waals surface area contributed by atoms with E-state index in [2.05, 4.69) is 15.1 Å². The van der Waals surface area contributed by atoms with Gasteiger partial charge in [0, 0.05) is 22.5 Å². The first-order valence-electron chi connectivity index (χ1n) is 9.91. The Morgan fingerprint density at radius 1 is 1.03 bits per heavy atom. The number of alkyl halides is 3. The van der Waals surface area contributed by atoms with E-state index in [1.165, 1.54) is 13.8 Å². The third kappa shape index (κ3) is 4.49. The van der Waals surface area contributed by atoms with Crippen LogP contribution < -0.4 is 0 Å². The zero-order chi connectivity index (χ0) is 24.0. The molecule has 1 atom stereocenters. The number of fused-ring (bicyclic) bond motifs is 1.